The van der Waals surface area contributed by atoms with Crippen molar-refractivity contribution in [2.75, 3.05) is 5.75 Å². The number of hydrogen-bond acceptors (Lipinski definition) is 4. The number of carbonyl (C=O) groups is 2. The van der Waals surface area contributed by atoms with Gasteiger partial charge in [-0.2, -0.15) is 0 Å². The first-order valence-electron chi connectivity index (χ1n) is 5.47. The summed E-state index contributed by atoms with van der Waals surface area (Å²) in [5.74, 6) is -3.31. The Bertz CT molecular complexity index is 486. The highest BCUT2D eigenvalue weighted by atomic mass is 32.2. The zero-order valence-corrected chi connectivity index (χ0v) is 11.3. The summed E-state index contributed by atoms with van der Waals surface area (Å²) >= 11 is 0. The van der Waals surface area contributed by atoms with E-state index >= 15 is 0 Å². The van der Waals surface area contributed by atoms with E-state index in [2.05, 4.69) is 5.32 Å². The van der Waals surface area contributed by atoms with Crippen LogP contribution in [0.2, 0.25) is 0 Å². The van der Waals surface area contributed by atoms with Gasteiger partial charge in [0.25, 0.3) is 0 Å². The second-order valence-electron chi connectivity index (χ2n) is 5.41. The van der Waals surface area contributed by atoms with Crippen LogP contribution >= 0.6 is 0 Å². The standard InChI is InChI=1S/C11H17NO5S/c1-11(2,3)8(10(14)15)9(13)12-7-4-5-18(16,17)6-7/h4-5,7-8H,6H2,1-3H3,(H,12,13)(H,14,15). The van der Waals surface area contributed by atoms with Crippen molar-refractivity contribution in [2.24, 2.45) is 11.3 Å². The summed E-state index contributed by atoms with van der Waals surface area (Å²) < 4.78 is 22.3. The van der Waals surface area contributed by atoms with Gasteiger partial charge in [0.05, 0.1) is 11.8 Å². The van der Waals surface area contributed by atoms with E-state index in [1.54, 1.807) is 20.8 Å². The number of aliphatic carboxylic acids is 1. The monoisotopic (exact) mass is 275 g/mol. The third-order valence-corrected chi connectivity index (χ3v) is 4.03. The van der Waals surface area contributed by atoms with Crippen molar-refractivity contribution in [3.63, 3.8) is 0 Å². The predicted molar refractivity (Wildman–Crippen MR) is 65.4 cm³/mol. The van der Waals surface area contributed by atoms with Crippen molar-refractivity contribution < 1.29 is 23.1 Å². The van der Waals surface area contributed by atoms with Gasteiger partial charge in [0.2, 0.25) is 5.91 Å². The van der Waals surface area contributed by atoms with Crippen LogP contribution in [0.25, 0.3) is 0 Å². The molecule has 1 amide bonds. The summed E-state index contributed by atoms with van der Waals surface area (Å²) in [5, 5.41) is 12.5. The first kappa shape index (κ1) is 14.7. The van der Waals surface area contributed by atoms with E-state index in [1.165, 1.54) is 6.08 Å². The Morgan fingerprint density at radius 2 is 1.94 bits per heavy atom. The first-order chi connectivity index (χ1) is 8.03. The molecule has 2 N–H and O–H groups in total. The SMILES string of the molecule is CC(C)(C)C(C(=O)O)C(=O)NC1C=CS(=O)(=O)C1. The number of rotatable bonds is 3. The largest absolute Gasteiger partial charge is 0.481 e. The fraction of sp³-hybridized carbons (Fsp3) is 0.636. The van der Waals surface area contributed by atoms with Gasteiger partial charge in [0.1, 0.15) is 5.92 Å². The van der Waals surface area contributed by atoms with Gasteiger partial charge in [-0.15, -0.1) is 0 Å². The molecule has 0 saturated carbocycles. The molecule has 6 nitrogen and oxygen atoms in total. The Hall–Kier alpha value is -1.37. The van der Waals surface area contributed by atoms with Crippen LogP contribution in [-0.2, 0) is 19.4 Å². The fourth-order valence-corrected chi connectivity index (χ4v) is 3.04. The summed E-state index contributed by atoms with van der Waals surface area (Å²) in [6, 6.07) is -0.647. The Kier molecular flexibility index (Phi) is 3.85. The summed E-state index contributed by atoms with van der Waals surface area (Å²) in [6.07, 6.45) is 1.36. The molecule has 0 radical (unpaired) electrons. The van der Waals surface area contributed by atoms with Gasteiger partial charge < -0.3 is 10.4 Å². The minimum absolute atomic E-state index is 0.213. The molecule has 7 heteroatoms. The zero-order valence-electron chi connectivity index (χ0n) is 10.5. The molecule has 0 fully saturated rings. The van der Waals surface area contributed by atoms with Crippen LogP contribution < -0.4 is 5.32 Å². The average Bonchev–Trinajstić information content (AvgIpc) is 2.41. The molecule has 2 atom stereocenters. The van der Waals surface area contributed by atoms with E-state index in [-0.39, 0.29) is 5.75 Å². The highest BCUT2D eigenvalue weighted by molar-refractivity contribution is 7.94. The molecule has 0 aromatic rings. The smallest absolute Gasteiger partial charge is 0.316 e. The molecule has 2 unspecified atom stereocenters. The predicted octanol–water partition coefficient (Wildman–Crippen LogP) is 0.160. The van der Waals surface area contributed by atoms with E-state index in [0.29, 0.717) is 0 Å². The molecule has 0 saturated heterocycles. The van der Waals surface area contributed by atoms with Crippen LogP contribution in [0.3, 0.4) is 0 Å². The molecule has 0 aromatic carbocycles. The molecule has 1 rings (SSSR count). The lowest BCUT2D eigenvalue weighted by Crippen LogP contribution is -2.46. The second kappa shape index (κ2) is 4.72. The van der Waals surface area contributed by atoms with Crippen LogP contribution in [0.5, 0.6) is 0 Å². The lowest BCUT2D eigenvalue weighted by atomic mass is 9.80. The van der Waals surface area contributed by atoms with Crippen LogP contribution in [-0.4, -0.2) is 37.2 Å². The third kappa shape index (κ3) is 3.56. The maximum absolute atomic E-state index is 11.9. The number of sulfone groups is 1. The van der Waals surface area contributed by atoms with Gasteiger partial charge in [-0.1, -0.05) is 20.8 Å². The average molecular weight is 275 g/mol. The molecule has 1 aliphatic heterocycles. The maximum Gasteiger partial charge on any atom is 0.316 e. The summed E-state index contributed by atoms with van der Waals surface area (Å²) in [5.41, 5.74) is -0.739. The normalized spacial score (nSPS) is 23.6. The number of carboxylic acid groups (broad SMARTS) is 1. The van der Waals surface area contributed by atoms with Gasteiger partial charge in [0, 0.05) is 5.41 Å². The first-order valence-corrected chi connectivity index (χ1v) is 7.18. The molecule has 102 valence electrons. The van der Waals surface area contributed by atoms with Crippen LogP contribution in [0.15, 0.2) is 11.5 Å². The van der Waals surface area contributed by atoms with Crippen LogP contribution in [0.1, 0.15) is 20.8 Å². The fourth-order valence-electron chi connectivity index (χ4n) is 1.81. The van der Waals surface area contributed by atoms with Gasteiger partial charge in [-0.25, -0.2) is 8.42 Å². The topological polar surface area (TPSA) is 101 Å². The number of carbonyl (C=O) groups excluding carboxylic acids is 1. The lowest BCUT2D eigenvalue weighted by molar-refractivity contribution is -0.151. The van der Waals surface area contributed by atoms with E-state index in [9.17, 15) is 18.0 Å². The number of amides is 1. The minimum Gasteiger partial charge on any atom is -0.481 e. The Balaban J connectivity index is 2.77. The van der Waals surface area contributed by atoms with Crippen molar-refractivity contribution in [2.45, 2.75) is 26.8 Å². The van der Waals surface area contributed by atoms with Crippen molar-refractivity contribution in [1.29, 1.82) is 0 Å². The minimum atomic E-state index is -3.27. The van der Waals surface area contributed by atoms with Gasteiger partial charge >= 0.3 is 5.97 Å². The maximum atomic E-state index is 11.9. The summed E-state index contributed by atoms with van der Waals surface area (Å²) in [6.45, 7) is 4.94. The van der Waals surface area contributed by atoms with Gasteiger partial charge in [0.15, 0.2) is 9.84 Å². The highest BCUT2D eigenvalue weighted by Crippen LogP contribution is 2.26. The summed E-state index contributed by atoms with van der Waals surface area (Å²) in [4.78, 5) is 23.0. The highest BCUT2D eigenvalue weighted by Gasteiger charge is 2.39. The lowest BCUT2D eigenvalue weighted by Gasteiger charge is -2.26. The van der Waals surface area contributed by atoms with E-state index in [0.717, 1.165) is 5.41 Å². The van der Waals surface area contributed by atoms with Crippen LogP contribution in [0.4, 0.5) is 0 Å². The van der Waals surface area contributed by atoms with Gasteiger partial charge in [-0.05, 0) is 11.5 Å². The van der Waals surface area contributed by atoms with E-state index in [4.69, 9.17) is 5.11 Å². The molecule has 0 aliphatic carbocycles. The molecule has 1 aliphatic rings. The Morgan fingerprint density at radius 1 is 1.39 bits per heavy atom. The molecular weight excluding hydrogens is 258 g/mol. The third-order valence-electron chi connectivity index (χ3n) is 2.63. The quantitative estimate of drug-likeness (QED) is 0.715. The van der Waals surface area contributed by atoms with Gasteiger partial charge in [-0.3, -0.25) is 9.59 Å². The Morgan fingerprint density at radius 3 is 2.28 bits per heavy atom. The van der Waals surface area contributed by atoms with Crippen molar-refractivity contribution in [3.8, 4) is 0 Å². The molecular formula is C11H17NO5S. The number of hydrogen-bond donors (Lipinski definition) is 2. The zero-order chi connectivity index (χ0) is 14.1. The van der Waals surface area contributed by atoms with Crippen molar-refractivity contribution in [1.82, 2.24) is 5.32 Å². The molecule has 1 heterocycles. The van der Waals surface area contributed by atoms with E-state index < -0.39 is 39.1 Å². The Labute approximate surface area is 106 Å². The van der Waals surface area contributed by atoms with Crippen molar-refractivity contribution in [3.05, 3.63) is 11.5 Å². The number of carboxylic acids is 1. The number of nitrogens with one attached hydrogen (secondary N) is 1. The molecule has 0 spiro atoms. The van der Waals surface area contributed by atoms with E-state index in [1.807, 2.05) is 0 Å². The molecule has 0 aromatic heterocycles. The second-order valence-corrected chi connectivity index (χ2v) is 7.34. The molecule has 18 heavy (non-hydrogen) atoms. The molecule has 0 bridgehead atoms. The summed E-state index contributed by atoms with van der Waals surface area (Å²) in [7, 11) is -3.27. The van der Waals surface area contributed by atoms with Crippen molar-refractivity contribution >= 4 is 21.7 Å². The van der Waals surface area contributed by atoms with Crippen LogP contribution in [0, 0.1) is 11.3 Å².